The van der Waals surface area contributed by atoms with Crippen LogP contribution in [-0.4, -0.2) is 30.1 Å². The minimum Gasteiger partial charge on any atom is -0.473 e. The van der Waals surface area contributed by atoms with Crippen LogP contribution in [0.5, 0.6) is 5.88 Å². The van der Waals surface area contributed by atoms with Gasteiger partial charge in [-0.15, -0.1) is 0 Å². The number of nitrogens with two attached hydrogens (primary N) is 1. The van der Waals surface area contributed by atoms with Crippen molar-refractivity contribution in [3.63, 3.8) is 0 Å². The van der Waals surface area contributed by atoms with Crippen molar-refractivity contribution in [1.29, 1.82) is 0 Å². The van der Waals surface area contributed by atoms with Crippen molar-refractivity contribution in [3.05, 3.63) is 23.4 Å². The quantitative estimate of drug-likeness (QED) is 0.805. The Morgan fingerprint density at radius 1 is 1.59 bits per heavy atom. The maximum absolute atomic E-state index is 11.1. The Kier molecular flexibility index (Phi) is 3.58. The summed E-state index contributed by atoms with van der Waals surface area (Å²) >= 11 is 0. The standard InChI is InChI=1S/C12H17N3O2/c1-8-5-9(12(13)16)6-11(15-8)17-10-3-2-4-14-7-10/h5-6,10,14H,2-4,7H2,1H3,(H2,13,16). The summed E-state index contributed by atoms with van der Waals surface area (Å²) in [5.41, 5.74) is 6.43. The van der Waals surface area contributed by atoms with Crippen LogP contribution in [0.15, 0.2) is 12.1 Å². The van der Waals surface area contributed by atoms with E-state index in [2.05, 4.69) is 10.3 Å². The molecule has 1 unspecified atom stereocenters. The van der Waals surface area contributed by atoms with Crippen LogP contribution < -0.4 is 15.8 Å². The van der Waals surface area contributed by atoms with Gasteiger partial charge in [0.2, 0.25) is 11.8 Å². The third-order valence-corrected chi connectivity index (χ3v) is 2.75. The van der Waals surface area contributed by atoms with Gasteiger partial charge >= 0.3 is 0 Å². The molecule has 17 heavy (non-hydrogen) atoms. The average Bonchev–Trinajstić information content (AvgIpc) is 2.29. The fraction of sp³-hybridized carbons (Fsp3) is 0.500. The van der Waals surface area contributed by atoms with Crippen LogP contribution in [0.4, 0.5) is 0 Å². The van der Waals surface area contributed by atoms with Gasteiger partial charge in [-0.05, 0) is 32.4 Å². The largest absolute Gasteiger partial charge is 0.473 e. The van der Waals surface area contributed by atoms with Gasteiger partial charge in [0.05, 0.1) is 0 Å². The number of hydrogen-bond acceptors (Lipinski definition) is 4. The fourth-order valence-electron chi connectivity index (χ4n) is 1.93. The first-order valence-corrected chi connectivity index (χ1v) is 5.81. The maximum Gasteiger partial charge on any atom is 0.248 e. The van der Waals surface area contributed by atoms with Crippen LogP contribution in [-0.2, 0) is 0 Å². The molecule has 0 spiro atoms. The number of nitrogens with one attached hydrogen (secondary N) is 1. The normalized spacial score (nSPS) is 19.9. The Balaban J connectivity index is 2.11. The molecule has 1 aliphatic heterocycles. The van der Waals surface area contributed by atoms with Gasteiger partial charge in [-0.2, -0.15) is 0 Å². The number of hydrogen-bond donors (Lipinski definition) is 2. The second-order valence-corrected chi connectivity index (χ2v) is 4.29. The lowest BCUT2D eigenvalue weighted by atomic mass is 10.1. The third kappa shape index (κ3) is 3.17. The van der Waals surface area contributed by atoms with E-state index in [1.807, 2.05) is 6.92 Å². The SMILES string of the molecule is Cc1cc(C(N)=O)cc(OC2CCCNC2)n1. The molecule has 0 aliphatic carbocycles. The van der Waals surface area contributed by atoms with Gasteiger partial charge in [0.1, 0.15) is 6.10 Å². The summed E-state index contributed by atoms with van der Waals surface area (Å²) in [7, 11) is 0. The molecule has 1 aromatic heterocycles. The summed E-state index contributed by atoms with van der Waals surface area (Å²) in [6, 6.07) is 3.26. The number of rotatable bonds is 3. The molecule has 1 amide bonds. The van der Waals surface area contributed by atoms with Gasteiger partial charge in [0, 0.05) is 23.9 Å². The summed E-state index contributed by atoms with van der Waals surface area (Å²) in [5.74, 6) is 0.0228. The van der Waals surface area contributed by atoms with Crippen molar-refractivity contribution in [2.75, 3.05) is 13.1 Å². The predicted molar refractivity (Wildman–Crippen MR) is 64.0 cm³/mol. The smallest absolute Gasteiger partial charge is 0.248 e. The number of aryl methyl sites for hydroxylation is 1. The van der Waals surface area contributed by atoms with Crippen molar-refractivity contribution < 1.29 is 9.53 Å². The topological polar surface area (TPSA) is 77.2 Å². The van der Waals surface area contributed by atoms with Crippen molar-refractivity contribution in [2.24, 2.45) is 5.73 Å². The lowest BCUT2D eigenvalue weighted by Crippen LogP contribution is -2.37. The number of ether oxygens (including phenoxy) is 1. The monoisotopic (exact) mass is 235 g/mol. The van der Waals surface area contributed by atoms with Gasteiger partial charge in [-0.3, -0.25) is 4.79 Å². The second-order valence-electron chi connectivity index (χ2n) is 4.29. The van der Waals surface area contributed by atoms with E-state index in [1.54, 1.807) is 12.1 Å². The molecule has 1 fully saturated rings. The number of amides is 1. The number of carbonyl (C=O) groups is 1. The summed E-state index contributed by atoms with van der Waals surface area (Å²) < 4.78 is 5.75. The Labute approximate surface area is 100 Å². The first kappa shape index (κ1) is 11.9. The Hall–Kier alpha value is -1.62. The maximum atomic E-state index is 11.1. The van der Waals surface area contributed by atoms with Crippen LogP contribution in [0, 0.1) is 6.92 Å². The van der Waals surface area contributed by atoms with Crippen molar-refractivity contribution in [2.45, 2.75) is 25.9 Å². The van der Waals surface area contributed by atoms with E-state index in [4.69, 9.17) is 10.5 Å². The fourth-order valence-corrected chi connectivity index (χ4v) is 1.93. The van der Waals surface area contributed by atoms with Crippen LogP contribution in [0.1, 0.15) is 28.9 Å². The third-order valence-electron chi connectivity index (χ3n) is 2.75. The van der Waals surface area contributed by atoms with Gasteiger partial charge < -0.3 is 15.8 Å². The zero-order chi connectivity index (χ0) is 12.3. The van der Waals surface area contributed by atoms with Gasteiger partial charge in [-0.1, -0.05) is 0 Å². The van der Waals surface area contributed by atoms with Crippen LogP contribution >= 0.6 is 0 Å². The number of aromatic nitrogens is 1. The highest BCUT2D eigenvalue weighted by Crippen LogP contribution is 2.16. The van der Waals surface area contributed by atoms with Crippen LogP contribution in [0.3, 0.4) is 0 Å². The molecule has 5 heteroatoms. The molecule has 5 nitrogen and oxygen atoms in total. The molecular formula is C12H17N3O2. The van der Waals surface area contributed by atoms with Gasteiger partial charge in [-0.25, -0.2) is 4.98 Å². The first-order valence-electron chi connectivity index (χ1n) is 5.81. The lowest BCUT2D eigenvalue weighted by Gasteiger charge is -2.23. The molecule has 1 saturated heterocycles. The van der Waals surface area contributed by atoms with Crippen molar-refractivity contribution in [3.8, 4) is 5.88 Å². The number of nitrogens with zero attached hydrogens (tertiary/aromatic N) is 1. The van der Waals surface area contributed by atoms with E-state index in [1.165, 1.54) is 0 Å². The molecule has 1 aliphatic rings. The molecule has 92 valence electrons. The minimum atomic E-state index is -0.456. The van der Waals surface area contributed by atoms with Crippen LogP contribution in [0.25, 0.3) is 0 Å². The molecule has 2 rings (SSSR count). The van der Waals surface area contributed by atoms with E-state index in [0.29, 0.717) is 11.4 Å². The van der Waals surface area contributed by atoms with Gasteiger partial charge in [0.15, 0.2) is 0 Å². The number of primary amides is 1. The summed E-state index contributed by atoms with van der Waals surface area (Å²) in [5, 5.41) is 3.26. The highest BCUT2D eigenvalue weighted by atomic mass is 16.5. The molecule has 0 bridgehead atoms. The summed E-state index contributed by atoms with van der Waals surface area (Å²) in [6.45, 7) is 3.67. The predicted octanol–water partition coefficient (Wildman–Crippen LogP) is 0.620. The first-order chi connectivity index (χ1) is 8.15. The second kappa shape index (κ2) is 5.14. The zero-order valence-corrected chi connectivity index (χ0v) is 9.90. The minimum absolute atomic E-state index is 0.124. The lowest BCUT2D eigenvalue weighted by molar-refractivity contribution is 0.0998. The van der Waals surface area contributed by atoms with Crippen LogP contribution in [0.2, 0.25) is 0 Å². The van der Waals surface area contributed by atoms with E-state index in [-0.39, 0.29) is 6.10 Å². The molecule has 1 aromatic rings. The van der Waals surface area contributed by atoms with E-state index < -0.39 is 5.91 Å². The molecule has 2 heterocycles. The molecule has 1 atom stereocenters. The van der Waals surface area contributed by atoms with Crippen molar-refractivity contribution >= 4 is 5.91 Å². The summed E-state index contributed by atoms with van der Waals surface area (Å²) in [4.78, 5) is 15.4. The Morgan fingerprint density at radius 2 is 2.41 bits per heavy atom. The molecule has 0 saturated carbocycles. The molecular weight excluding hydrogens is 218 g/mol. The highest BCUT2D eigenvalue weighted by molar-refractivity contribution is 5.93. The average molecular weight is 235 g/mol. The number of carbonyl (C=O) groups excluding carboxylic acids is 1. The Morgan fingerprint density at radius 3 is 3.06 bits per heavy atom. The van der Waals surface area contributed by atoms with E-state index >= 15 is 0 Å². The zero-order valence-electron chi connectivity index (χ0n) is 9.90. The van der Waals surface area contributed by atoms with Crippen molar-refractivity contribution in [1.82, 2.24) is 10.3 Å². The Bertz CT molecular complexity index is 414. The van der Waals surface area contributed by atoms with Gasteiger partial charge in [0.25, 0.3) is 0 Å². The molecule has 0 radical (unpaired) electrons. The van der Waals surface area contributed by atoms with E-state index in [9.17, 15) is 4.79 Å². The molecule has 0 aromatic carbocycles. The van der Waals surface area contributed by atoms with E-state index in [0.717, 1.165) is 31.6 Å². The summed E-state index contributed by atoms with van der Waals surface area (Å²) in [6.07, 6.45) is 2.23. The molecule has 3 N–H and O–H groups in total. The number of piperidine rings is 1. The number of pyridine rings is 1. The highest BCUT2D eigenvalue weighted by Gasteiger charge is 2.16.